The number of benzene rings is 1. The number of halogens is 3. The Bertz CT molecular complexity index is 510. The van der Waals surface area contributed by atoms with Gasteiger partial charge >= 0.3 is 12.1 Å². The molecule has 1 N–H and O–H groups in total. The van der Waals surface area contributed by atoms with E-state index >= 15 is 0 Å². The van der Waals surface area contributed by atoms with E-state index in [1.807, 2.05) is 0 Å². The normalized spacial score (nSPS) is 18.3. The zero-order valence-corrected chi connectivity index (χ0v) is 11.5. The smallest absolute Gasteiger partial charge is 0.316 e. The summed E-state index contributed by atoms with van der Waals surface area (Å²) in [5.41, 5.74) is -1.43. The van der Waals surface area contributed by atoms with Crippen molar-refractivity contribution in [3.8, 4) is 0 Å². The van der Waals surface area contributed by atoms with Gasteiger partial charge in [0.05, 0.1) is 5.56 Å². The Morgan fingerprint density at radius 1 is 1.29 bits per heavy atom. The van der Waals surface area contributed by atoms with E-state index in [0.29, 0.717) is 31.5 Å². The molecule has 1 aromatic rings. The first-order chi connectivity index (χ1) is 9.83. The van der Waals surface area contributed by atoms with Gasteiger partial charge in [-0.2, -0.15) is 18.1 Å². The van der Waals surface area contributed by atoms with E-state index in [1.54, 1.807) is 6.07 Å². The Labute approximate surface area is 120 Å². The molecule has 21 heavy (non-hydrogen) atoms. The third-order valence-electron chi connectivity index (χ3n) is 3.45. The van der Waals surface area contributed by atoms with Gasteiger partial charge in [-0.15, -0.1) is 0 Å². The van der Waals surface area contributed by atoms with Crippen LogP contribution in [0.15, 0.2) is 24.3 Å². The quantitative estimate of drug-likeness (QED) is 0.689. The summed E-state index contributed by atoms with van der Waals surface area (Å²) in [6.07, 6.45) is -3.59. The van der Waals surface area contributed by atoms with Gasteiger partial charge in [0.2, 0.25) is 0 Å². The number of nitrogens with one attached hydrogen (secondary N) is 1. The van der Waals surface area contributed by atoms with Gasteiger partial charge in [-0.1, -0.05) is 12.1 Å². The van der Waals surface area contributed by atoms with Crippen LogP contribution >= 0.6 is 0 Å². The standard InChI is InChI=1S/C14H16F3NO3/c1-10(19)20-21-13(5-7-18-8-6-13)11-3-2-4-12(9-11)14(15,16)17/h2-4,9,18H,5-8H2,1H3. The van der Waals surface area contributed by atoms with Crippen LogP contribution in [0, 0.1) is 0 Å². The van der Waals surface area contributed by atoms with Crippen LogP contribution in [0.2, 0.25) is 0 Å². The van der Waals surface area contributed by atoms with Crippen LogP contribution in [0.25, 0.3) is 0 Å². The van der Waals surface area contributed by atoms with Crippen molar-refractivity contribution in [1.29, 1.82) is 0 Å². The van der Waals surface area contributed by atoms with Crippen molar-refractivity contribution in [3.05, 3.63) is 35.4 Å². The predicted molar refractivity (Wildman–Crippen MR) is 68.1 cm³/mol. The lowest BCUT2D eigenvalue weighted by molar-refractivity contribution is -0.342. The third-order valence-corrected chi connectivity index (χ3v) is 3.45. The van der Waals surface area contributed by atoms with E-state index < -0.39 is 23.3 Å². The van der Waals surface area contributed by atoms with Gasteiger partial charge in [-0.05, 0) is 43.6 Å². The minimum atomic E-state index is -4.43. The Morgan fingerprint density at radius 2 is 1.95 bits per heavy atom. The first kappa shape index (κ1) is 15.8. The number of hydrogen-bond donors (Lipinski definition) is 1. The molecule has 0 aromatic heterocycles. The van der Waals surface area contributed by atoms with Crippen LogP contribution in [-0.4, -0.2) is 19.1 Å². The van der Waals surface area contributed by atoms with Crippen LogP contribution in [0.1, 0.15) is 30.9 Å². The predicted octanol–water partition coefficient (Wildman–Crippen LogP) is 2.78. The lowest BCUT2D eigenvalue weighted by Gasteiger charge is -2.35. The first-order valence-corrected chi connectivity index (χ1v) is 6.58. The minimum absolute atomic E-state index is 0.361. The monoisotopic (exact) mass is 303 g/mol. The van der Waals surface area contributed by atoms with Gasteiger partial charge in [0, 0.05) is 6.92 Å². The van der Waals surface area contributed by atoms with Crippen LogP contribution < -0.4 is 5.32 Å². The van der Waals surface area contributed by atoms with E-state index in [4.69, 9.17) is 4.89 Å². The SMILES string of the molecule is CC(=O)OOC1(c2cccc(C(F)(F)F)c2)CCNCC1. The number of carbonyl (C=O) groups is 1. The van der Waals surface area contributed by atoms with Crippen molar-refractivity contribution in [2.24, 2.45) is 0 Å². The molecule has 116 valence electrons. The van der Waals surface area contributed by atoms with E-state index in [1.165, 1.54) is 13.0 Å². The maximum Gasteiger partial charge on any atom is 0.416 e. The van der Waals surface area contributed by atoms with Crippen molar-refractivity contribution >= 4 is 5.97 Å². The molecule has 0 saturated carbocycles. The molecule has 0 aliphatic carbocycles. The molecule has 0 atom stereocenters. The van der Waals surface area contributed by atoms with Crippen LogP contribution in [0.5, 0.6) is 0 Å². The molecule has 4 nitrogen and oxygen atoms in total. The Balaban J connectivity index is 2.34. The molecule has 0 unspecified atom stereocenters. The summed E-state index contributed by atoms with van der Waals surface area (Å²) in [5, 5.41) is 3.10. The number of piperidine rings is 1. The highest BCUT2D eigenvalue weighted by Gasteiger charge is 2.39. The fourth-order valence-corrected chi connectivity index (χ4v) is 2.37. The molecule has 0 amide bonds. The Hall–Kier alpha value is -1.60. The van der Waals surface area contributed by atoms with Gasteiger partial charge in [0.25, 0.3) is 0 Å². The molecule has 1 aliphatic heterocycles. The fraction of sp³-hybridized carbons (Fsp3) is 0.500. The van der Waals surface area contributed by atoms with Crippen LogP contribution in [0.3, 0.4) is 0 Å². The number of rotatable bonds is 3. The summed E-state index contributed by atoms with van der Waals surface area (Å²) in [5.74, 6) is -0.639. The van der Waals surface area contributed by atoms with Gasteiger partial charge in [0.15, 0.2) is 0 Å². The molecule has 0 spiro atoms. The summed E-state index contributed by atoms with van der Waals surface area (Å²) < 4.78 is 38.5. The molecule has 7 heteroatoms. The molecule has 1 heterocycles. The van der Waals surface area contributed by atoms with Crippen molar-refractivity contribution < 1.29 is 27.7 Å². The maximum absolute atomic E-state index is 12.8. The lowest BCUT2D eigenvalue weighted by Crippen LogP contribution is -2.42. The molecule has 0 bridgehead atoms. The third kappa shape index (κ3) is 3.74. The van der Waals surface area contributed by atoms with Gasteiger partial charge in [-0.25, -0.2) is 4.79 Å². The zero-order valence-electron chi connectivity index (χ0n) is 11.5. The molecule has 2 rings (SSSR count). The topological polar surface area (TPSA) is 47.6 Å². The van der Waals surface area contributed by atoms with Gasteiger partial charge < -0.3 is 5.32 Å². The molecule has 1 saturated heterocycles. The summed E-state index contributed by atoms with van der Waals surface area (Å²) in [7, 11) is 0. The summed E-state index contributed by atoms with van der Waals surface area (Å²) in [6.45, 7) is 2.32. The largest absolute Gasteiger partial charge is 0.416 e. The van der Waals surface area contributed by atoms with E-state index in [0.717, 1.165) is 12.1 Å². The van der Waals surface area contributed by atoms with Crippen molar-refractivity contribution in [1.82, 2.24) is 5.32 Å². The highest BCUT2D eigenvalue weighted by atomic mass is 19.4. The molecular formula is C14H16F3NO3. The number of alkyl halides is 3. The fourth-order valence-electron chi connectivity index (χ4n) is 2.37. The maximum atomic E-state index is 12.8. The highest BCUT2D eigenvalue weighted by molar-refractivity contribution is 5.65. The van der Waals surface area contributed by atoms with E-state index in [-0.39, 0.29) is 0 Å². The second-order valence-corrected chi connectivity index (χ2v) is 4.98. The molecule has 1 fully saturated rings. The minimum Gasteiger partial charge on any atom is -0.316 e. The van der Waals surface area contributed by atoms with Crippen molar-refractivity contribution in [3.63, 3.8) is 0 Å². The summed E-state index contributed by atoms with van der Waals surface area (Å²) in [6, 6.07) is 4.95. The lowest BCUT2D eigenvalue weighted by atomic mass is 9.84. The number of hydrogen-bond acceptors (Lipinski definition) is 4. The van der Waals surface area contributed by atoms with E-state index in [2.05, 4.69) is 10.2 Å². The zero-order chi connectivity index (χ0) is 15.5. The van der Waals surface area contributed by atoms with Gasteiger partial charge in [0.1, 0.15) is 5.60 Å². The van der Waals surface area contributed by atoms with Crippen LogP contribution in [0.4, 0.5) is 13.2 Å². The van der Waals surface area contributed by atoms with Crippen molar-refractivity contribution in [2.45, 2.75) is 31.5 Å². The molecule has 1 aromatic carbocycles. The molecule has 0 radical (unpaired) electrons. The molecular weight excluding hydrogens is 287 g/mol. The second kappa shape index (κ2) is 6.03. The number of carbonyl (C=O) groups excluding carboxylic acids is 1. The highest BCUT2D eigenvalue weighted by Crippen LogP contribution is 2.38. The second-order valence-electron chi connectivity index (χ2n) is 4.98. The average molecular weight is 303 g/mol. The summed E-state index contributed by atoms with van der Waals surface area (Å²) in [4.78, 5) is 20.8. The van der Waals surface area contributed by atoms with Crippen LogP contribution in [-0.2, 0) is 26.3 Å². The molecule has 1 aliphatic rings. The van der Waals surface area contributed by atoms with Gasteiger partial charge in [-0.3, -0.25) is 4.89 Å². The van der Waals surface area contributed by atoms with E-state index in [9.17, 15) is 18.0 Å². The summed E-state index contributed by atoms with van der Waals surface area (Å²) >= 11 is 0. The Kier molecular flexibility index (Phi) is 4.53. The first-order valence-electron chi connectivity index (χ1n) is 6.58. The Morgan fingerprint density at radius 3 is 2.52 bits per heavy atom. The average Bonchev–Trinajstić information content (AvgIpc) is 2.45. The van der Waals surface area contributed by atoms with Crippen molar-refractivity contribution in [2.75, 3.05) is 13.1 Å².